The molecular weight excluding hydrogens is 268 g/mol. The molecule has 0 atom stereocenters. The Kier molecular flexibility index (Phi) is 3.68. The maximum absolute atomic E-state index is 12.1. The number of H-pyrrole nitrogens is 1. The molecule has 0 bridgehead atoms. The number of aryl methyl sites for hydroxylation is 1. The highest BCUT2D eigenvalue weighted by Crippen LogP contribution is 2.21. The second-order valence-electron chi connectivity index (χ2n) is 5.03. The molecule has 3 N–H and O–H groups in total. The third kappa shape index (κ3) is 2.94. The number of carbonyl (C=O) groups excluding carboxylic acids is 1. The Balaban J connectivity index is 1.66. The summed E-state index contributed by atoms with van der Waals surface area (Å²) in [7, 11) is 0. The number of amides is 1. The van der Waals surface area contributed by atoms with Crippen LogP contribution in [0.3, 0.4) is 0 Å². The Morgan fingerprint density at radius 3 is 2.86 bits per heavy atom. The number of hydrogen-bond acceptors (Lipinski definition) is 4. The number of aromatic nitrogens is 2. The molecule has 21 heavy (non-hydrogen) atoms. The van der Waals surface area contributed by atoms with Gasteiger partial charge < -0.3 is 5.11 Å². The predicted octanol–water partition coefficient (Wildman–Crippen LogP) is 1.76. The molecule has 108 valence electrons. The van der Waals surface area contributed by atoms with Gasteiger partial charge in [0.05, 0.1) is 6.21 Å². The molecule has 0 unspecified atom stereocenters. The highest BCUT2D eigenvalue weighted by Gasteiger charge is 2.21. The van der Waals surface area contributed by atoms with E-state index in [2.05, 4.69) is 20.7 Å². The summed E-state index contributed by atoms with van der Waals surface area (Å²) in [5.74, 6) is -0.108. The molecule has 6 nitrogen and oxygen atoms in total. The normalized spacial score (nSPS) is 14.1. The first-order chi connectivity index (χ1) is 10.2. The number of nitrogens with one attached hydrogen (secondary N) is 2. The molecule has 1 aliphatic carbocycles. The number of aromatic amines is 1. The molecule has 0 fully saturated rings. The first-order valence-corrected chi connectivity index (χ1v) is 6.92. The lowest BCUT2D eigenvalue weighted by atomic mass is 9.96. The molecule has 0 saturated carbocycles. The van der Waals surface area contributed by atoms with Gasteiger partial charge in [0, 0.05) is 11.3 Å². The summed E-state index contributed by atoms with van der Waals surface area (Å²) < 4.78 is 0. The van der Waals surface area contributed by atoms with Gasteiger partial charge in [0.2, 0.25) is 0 Å². The van der Waals surface area contributed by atoms with E-state index < -0.39 is 0 Å². The monoisotopic (exact) mass is 284 g/mol. The van der Waals surface area contributed by atoms with Crippen molar-refractivity contribution in [3.05, 3.63) is 46.8 Å². The minimum Gasteiger partial charge on any atom is -0.508 e. The Morgan fingerprint density at radius 1 is 1.29 bits per heavy atom. The zero-order chi connectivity index (χ0) is 14.7. The fourth-order valence-corrected chi connectivity index (χ4v) is 2.45. The van der Waals surface area contributed by atoms with Crippen LogP contribution in [0.15, 0.2) is 29.4 Å². The van der Waals surface area contributed by atoms with E-state index in [1.165, 1.54) is 6.21 Å². The van der Waals surface area contributed by atoms with E-state index in [4.69, 9.17) is 0 Å². The summed E-state index contributed by atoms with van der Waals surface area (Å²) in [5, 5.41) is 20.1. The van der Waals surface area contributed by atoms with Crippen molar-refractivity contribution in [3.63, 3.8) is 0 Å². The van der Waals surface area contributed by atoms with Gasteiger partial charge in [-0.1, -0.05) is 0 Å². The largest absolute Gasteiger partial charge is 0.508 e. The van der Waals surface area contributed by atoms with E-state index in [1.807, 2.05) is 0 Å². The van der Waals surface area contributed by atoms with Crippen LogP contribution in [0, 0.1) is 0 Å². The van der Waals surface area contributed by atoms with Crippen LogP contribution in [-0.2, 0) is 12.8 Å². The molecule has 1 aromatic carbocycles. The summed E-state index contributed by atoms with van der Waals surface area (Å²) in [6.45, 7) is 0. The van der Waals surface area contributed by atoms with E-state index >= 15 is 0 Å². The number of rotatable bonds is 3. The van der Waals surface area contributed by atoms with E-state index in [-0.39, 0.29) is 11.7 Å². The fourth-order valence-electron chi connectivity index (χ4n) is 2.45. The molecule has 0 aliphatic heterocycles. The average molecular weight is 284 g/mol. The van der Waals surface area contributed by atoms with Crippen LogP contribution in [-0.4, -0.2) is 27.4 Å². The van der Waals surface area contributed by atoms with Crippen molar-refractivity contribution < 1.29 is 9.90 Å². The first-order valence-electron chi connectivity index (χ1n) is 6.92. The van der Waals surface area contributed by atoms with E-state index in [0.29, 0.717) is 5.69 Å². The number of benzene rings is 1. The third-order valence-corrected chi connectivity index (χ3v) is 3.54. The summed E-state index contributed by atoms with van der Waals surface area (Å²) in [6, 6.07) is 6.54. The lowest BCUT2D eigenvalue weighted by Crippen LogP contribution is -2.20. The molecular formula is C15H16N4O2. The standard InChI is InChI=1S/C15H16N4O2/c20-11-7-5-10(6-8-11)9-16-19-15(21)14-12-3-1-2-4-13(12)17-18-14/h5-9,20H,1-4H2,(H,17,18)(H,19,21)/b16-9+. The van der Waals surface area contributed by atoms with Crippen LogP contribution < -0.4 is 5.43 Å². The number of phenolic OH excluding ortho intramolecular Hbond substituents is 1. The van der Waals surface area contributed by atoms with Gasteiger partial charge in [0.25, 0.3) is 5.91 Å². The van der Waals surface area contributed by atoms with Gasteiger partial charge in [-0.05, 0) is 55.5 Å². The highest BCUT2D eigenvalue weighted by atomic mass is 16.3. The van der Waals surface area contributed by atoms with Gasteiger partial charge >= 0.3 is 0 Å². The summed E-state index contributed by atoms with van der Waals surface area (Å²) in [4.78, 5) is 12.1. The van der Waals surface area contributed by atoms with Crippen molar-refractivity contribution >= 4 is 12.1 Å². The predicted molar refractivity (Wildman–Crippen MR) is 78.4 cm³/mol. The number of hydrazone groups is 1. The van der Waals surface area contributed by atoms with Crippen LogP contribution in [0.4, 0.5) is 0 Å². The molecule has 6 heteroatoms. The maximum Gasteiger partial charge on any atom is 0.292 e. The Hall–Kier alpha value is -2.63. The van der Waals surface area contributed by atoms with Crippen molar-refractivity contribution in [1.82, 2.24) is 15.6 Å². The molecule has 1 heterocycles. The smallest absolute Gasteiger partial charge is 0.292 e. The van der Waals surface area contributed by atoms with Crippen LogP contribution in [0.25, 0.3) is 0 Å². The van der Waals surface area contributed by atoms with Gasteiger partial charge in [0.1, 0.15) is 5.75 Å². The number of fused-ring (bicyclic) bond motifs is 1. The number of nitrogens with zero attached hydrogens (tertiary/aromatic N) is 2. The second kappa shape index (κ2) is 5.78. The van der Waals surface area contributed by atoms with Crippen LogP contribution in [0.1, 0.15) is 40.2 Å². The van der Waals surface area contributed by atoms with Crippen molar-refractivity contribution in [2.45, 2.75) is 25.7 Å². The lowest BCUT2D eigenvalue weighted by molar-refractivity contribution is 0.0949. The van der Waals surface area contributed by atoms with Gasteiger partial charge in [0.15, 0.2) is 5.69 Å². The maximum atomic E-state index is 12.1. The van der Waals surface area contributed by atoms with Crippen LogP contribution in [0.5, 0.6) is 5.75 Å². The second-order valence-corrected chi connectivity index (χ2v) is 5.03. The molecule has 1 aromatic heterocycles. The van der Waals surface area contributed by atoms with Crippen LogP contribution >= 0.6 is 0 Å². The minimum absolute atomic E-state index is 0.194. The van der Waals surface area contributed by atoms with Crippen molar-refractivity contribution in [2.24, 2.45) is 5.10 Å². The number of phenols is 1. The SMILES string of the molecule is O=C(N/N=C/c1ccc(O)cc1)c1n[nH]c2c1CCCC2. The van der Waals surface area contributed by atoms with Gasteiger partial charge in [-0.2, -0.15) is 10.2 Å². The average Bonchev–Trinajstić information content (AvgIpc) is 2.93. The van der Waals surface area contributed by atoms with Crippen LogP contribution in [0.2, 0.25) is 0 Å². The molecule has 2 aromatic rings. The zero-order valence-electron chi connectivity index (χ0n) is 11.5. The van der Waals surface area contributed by atoms with Crippen molar-refractivity contribution in [2.75, 3.05) is 0 Å². The lowest BCUT2D eigenvalue weighted by Gasteiger charge is -2.10. The summed E-state index contributed by atoms with van der Waals surface area (Å²) in [5.41, 5.74) is 5.79. The molecule has 1 aliphatic rings. The minimum atomic E-state index is -0.301. The van der Waals surface area contributed by atoms with E-state index in [9.17, 15) is 9.90 Å². The third-order valence-electron chi connectivity index (χ3n) is 3.54. The van der Waals surface area contributed by atoms with Crippen molar-refractivity contribution in [3.8, 4) is 5.75 Å². The van der Waals surface area contributed by atoms with E-state index in [1.54, 1.807) is 24.3 Å². The molecule has 0 radical (unpaired) electrons. The highest BCUT2D eigenvalue weighted by molar-refractivity contribution is 5.94. The van der Waals surface area contributed by atoms with Gasteiger partial charge in [-0.25, -0.2) is 5.43 Å². The van der Waals surface area contributed by atoms with Gasteiger partial charge in [-0.15, -0.1) is 0 Å². The number of carbonyl (C=O) groups is 1. The fraction of sp³-hybridized carbons (Fsp3) is 0.267. The molecule has 0 spiro atoms. The molecule has 1 amide bonds. The molecule has 0 saturated heterocycles. The summed E-state index contributed by atoms with van der Waals surface area (Å²) >= 11 is 0. The Labute approximate surface area is 121 Å². The quantitative estimate of drug-likeness (QED) is 0.592. The van der Waals surface area contributed by atoms with Crippen molar-refractivity contribution in [1.29, 1.82) is 0 Å². The number of aromatic hydroxyl groups is 1. The first kappa shape index (κ1) is 13.4. The molecule has 3 rings (SSSR count). The Bertz CT molecular complexity index is 673. The summed E-state index contributed by atoms with van der Waals surface area (Å²) in [6.07, 6.45) is 5.58. The Morgan fingerprint density at radius 2 is 2.05 bits per heavy atom. The van der Waals surface area contributed by atoms with E-state index in [0.717, 1.165) is 42.5 Å². The zero-order valence-corrected chi connectivity index (χ0v) is 11.5. The number of hydrogen-bond donors (Lipinski definition) is 3. The van der Waals surface area contributed by atoms with Gasteiger partial charge in [-0.3, -0.25) is 9.89 Å². The topological polar surface area (TPSA) is 90.4 Å².